The molecule has 0 amide bonds. The van der Waals surface area contributed by atoms with Gasteiger partial charge in [0.15, 0.2) is 0 Å². The zero-order valence-electron chi connectivity index (χ0n) is 15.7. The van der Waals surface area contributed by atoms with E-state index in [1.807, 2.05) is 6.07 Å². The summed E-state index contributed by atoms with van der Waals surface area (Å²) in [5, 5.41) is 11.8. The summed E-state index contributed by atoms with van der Waals surface area (Å²) in [6, 6.07) is 5.87. The molecule has 1 aliphatic heterocycles. The van der Waals surface area contributed by atoms with E-state index >= 15 is 0 Å². The minimum atomic E-state index is -3.67. The molecule has 2 N–H and O–H groups in total. The van der Waals surface area contributed by atoms with E-state index in [-0.39, 0.29) is 10.8 Å². The Kier molecular flexibility index (Phi) is 6.82. The van der Waals surface area contributed by atoms with Gasteiger partial charge < -0.3 is 5.11 Å². The number of halogens is 1. The van der Waals surface area contributed by atoms with E-state index < -0.39 is 16.1 Å². The van der Waals surface area contributed by atoms with Gasteiger partial charge in [-0.2, -0.15) is 0 Å². The van der Waals surface area contributed by atoms with Gasteiger partial charge in [0.05, 0.1) is 6.10 Å². The first-order valence-corrected chi connectivity index (χ1v) is 12.1. The molecule has 8 heteroatoms. The molecule has 0 saturated carbocycles. The number of β-amino-alcohol motifs (C(OH)–C–C–N with tert-alkyl or cyclic N) is 1. The van der Waals surface area contributed by atoms with Crippen LogP contribution in [0.2, 0.25) is 5.02 Å². The van der Waals surface area contributed by atoms with Gasteiger partial charge in [0, 0.05) is 28.9 Å². The Hall–Kier alpha value is -0.700. The van der Waals surface area contributed by atoms with Crippen LogP contribution in [0.5, 0.6) is 0 Å². The summed E-state index contributed by atoms with van der Waals surface area (Å²) in [5.41, 5.74) is 0.696. The first-order valence-electron chi connectivity index (χ1n) is 9.42. The van der Waals surface area contributed by atoms with Crippen LogP contribution in [0.3, 0.4) is 0 Å². The number of nitrogens with one attached hydrogen (secondary N) is 1. The molecule has 1 fully saturated rings. The number of hydrogen-bond donors (Lipinski definition) is 2. The Morgan fingerprint density at radius 2 is 2.19 bits per heavy atom. The number of sulfonamides is 1. The predicted molar refractivity (Wildman–Crippen MR) is 112 cm³/mol. The smallest absolute Gasteiger partial charge is 0.250 e. The fourth-order valence-corrected chi connectivity index (χ4v) is 6.83. The third-order valence-electron chi connectivity index (χ3n) is 5.27. The highest BCUT2D eigenvalue weighted by Gasteiger charge is 2.25. The normalized spacial score (nSPS) is 20.2. The monoisotopic (exact) mass is 430 g/mol. The predicted octanol–water partition coefficient (Wildman–Crippen LogP) is 3.77. The van der Waals surface area contributed by atoms with Crippen LogP contribution in [0, 0.1) is 6.92 Å². The van der Waals surface area contributed by atoms with Crippen LogP contribution in [-0.4, -0.2) is 50.2 Å². The number of piperidine rings is 1. The lowest BCUT2D eigenvalue weighted by Gasteiger charge is -2.36. The van der Waals surface area contributed by atoms with Crippen LogP contribution < -0.4 is 4.72 Å². The highest BCUT2D eigenvalue weighted by Crippen LogP contribution is 2.35. The summed E-state index contributed by atoms with van der Waals surface area (Å²) >= 11 is 7.26. The second-order valence-electron chi connectivity index (χ2n) is 7.21. The molecule has 2 heterocycles. The van der Waals surface area contributed by atoms with Crippen LogP contribution in [0.25, 0.3) is 10.1 Å². The number of aliphatic hydroxyl groups is 1. The standard InChI is InChI=1S/C19H27ClN2O3S2/c1-3-15-6-4-5-9-22(15)12-16(23)11-21-27(24,25)19-13(2)17-10-14(20)7-8-18(17)26-19/h7-8,10,15-16,21,23H,3-6,9,11-12H2,1-2H3/t15-,16-/m0/s1. The van der Waals surface area contributed by atoms with E-state index in [1.165, 1.54) is 17.8 Å². The maximum atomic E-state index is 12.8. The third-order valence-corrected chi connectivity index (χ3v) is 8.82. The van der Waals surface area contributed by atoms with Gasteiger partial charge in [-0.25, -0.2) is 13.1 Å². The zero-order valence-corrected chi connectivity index (χ0v) is 18.1. The van der Waals surface area contributed by atoms with E-state index in [0.717, 1.165) is 35.9 Å². The Labute approximate surface area is 170 Å². The lowest BCUT2D eigenvalue weighted by Crippen LogP contribution is -2.46. The second kappa shape index (κ2) is 8.76. The Morgan fingerprint density at radius 3 is 2.93 bits per heavy atom. The number of rotatable bonds is 7. The summed E-state index contributed by atoms with van der Waals surface area (Å²) in [6.07, 6.45) is 3.85. The number of hydrogen-bond acceptors (Lipinski definition) is 5. The van der Waals surface area contributed by atoms with Crippen molar-refractivity contribution in [3.8, 4) is 0 Å². The minimum Gasteiger partial charge on any atom is -0.390 e. The van der Waals surface area contributed by atoms with Crippen molar-refractivity contribution in [1.82, 2.24) is 9.62 Å². The quantitative estimate of drug-likeness (QED) is 0.701. The minimum absolute atomic E-state index is 0.0176. The molecule has 3 rings (SSSR count). The van der Waals surface area contributed by atoms with E-state index in [2.05, 4.69) is 16.5 Å². The summed E-state index contributed by atoms with van der Waals surface area (Å²) in [5.74, 6) is 0. The van der Waals surface area contributed by atoms with Gasteiger partial charge in [-0.3, -0.25) is 4.90 Å². The van der Waals surface area contributed by atoms with Gasteiger partial charge in [0.25, 0.3) is 0 Å². The van der Waals surface area contributed by atoms with Crippen molar-refractivity contribution >= 4 is 43.0 Å². The molecule has 1 saturated heterocycles. The molecular formula is C19H27ClN2O3S2. The highest BCUT2D eigenvalue weighted by atomic mass is 35.5. The van der Waals surface area contributed by atoms with Crippen molar-refractivity contribution in [2.24, 2.45) is 0 Å². The number of benzene rings is 1. The highest BCUT2D eigenvalue weighted by molar-refractivity contribution is 7.91. The van der Waals surface area contributed by atoms with E-state index in [9.17, 15) is 13.5 Å². The molecule has 0 spiro atoms. The summed E-state index contributed by atoms with van der Waals surface area (Å²) in [4.78, 5) is 2.29. The van der Waals surface area contributed by atoms with Gasteiger partial charge in [-0.05, 0) is 61.9 Å². The summed E-state index contributed by atoms with van der Waals surface area (Å²) < 4.78 is 29.3. The lowest BCUT2D eigenvalue weighted by molar-refractivity contribution is 0.0683. The van der Waals surface area contributed by atoms with Crippen molar-refractivity contribution < 1.29 is 13.5 Å². The van der Waals surface area contributed by atoms with Crippen LogP contribution >= 0.6 is 22.9 Å². The first kappa shape index (κ1) is 21.0. The molecule has 0 aliphatic carbocycles. The van der Waals surface area contributed by atoms with E-state index in [0.29, 0.717) is 23.2 Å². The van der Waals surface area contributed by atoms with Crippen LogP contribution in [0.15, 0.2) is 22.4 Å². The fourth-order valence-electron chi connectivity index (χ4n) is 3.80. The molecule has 2 aromatic rings. The summed E-state index contributed by atoms with van der Waals surface area (Å²) in [6.45, 7) is 5.44. The maximum Gasteiger partial charge on any atom is 0.250 e. The Bertz CT molecular complexity index is 898. The van der Waals surface area contributed by atoms with Gasteiger partial charge >= 0.3 is 0 Å². The number of likely N-dealkylation sites (tertiary alicyclic amines) is 1. The van der Waals surface area contributed by atoms with E-state index in [4.69, 9.17) is 11.6 Å². The molecule has 0 unspecified atom stereocenters. The van der Waals surface area contributed by atoms with Gasteiger partial charge in [0.1, 0.15) is 4.21 Å². The molecule has 27 heavy (non-hydrogen) atoms. The lowest BCUT2D eigenvalue weighted by atomic mass is 9.99. The number of nitrogens with zero attached hydrogens (tertiary/aromatic N) is 1. The van der Waals surface area contributed by atoms with Crippen molar-refractivity contribution in [1.29, 1.82) is 0 Å². The van der Waals surface area contributed by atoms with Gasteiger partial charge in [0.2, 0.25) is 10.0 Å². The molecule has 1 aliphatic rings. The van der Waals surface area contributed by atoms with Crippen molar-refractivity contribution in [2.45, 2.75) is 55.9 Å². The summed E-state index contributed by atoms with van der Waals surface area (Å²) in [7, 11) is -3.67. The van der Waals surface area contributed by atoms with Crippen molar-refractivity contribution in [3.05, 3.63) is 28.8 Å². The van der Waals surface area contributed by atoms with Gasteiger partial charge in [-0.15, -0.1) is 11.3 Å². The van der Waals surface area contributed by atoms with Crippen LogP contribution in [-0.2, 0) is 10.0 Å². The van der Waals surface area contributed by atoms with E-state index in [1.54, 1.807) is 19.1 Å². The topological polar surface area (TPSA) is 69.6 Å². The maximum absolute atomic E-state index is 12.8. The van der Waals surface area contributed by atoms with Gasteiger partial charge in [-0.1, -0.05) is 24.9 Å². The average Bonchev–Trinajstić information content (AvgIpc) is 2.98. The SMILES string of the molecule is CC[C@H]1CCCCN1C[C@@H](O)CNS(=O)(=O)c1sc2ccc(Cl)cc2c1C. The molecular weight excluding hydrogens is 404 g/mol. The number of aryl methyl sites for hydroxylation is 1. The molecule has 5 nitrogen and oxygen atoms in total. The molecule has 2 atom stereocenters. The van der Waals surface area contributed by atoms with Crippen molar-refractivity contribution in [3.63, 3.8) is 0 Å². The molecule has 0 radical (unpaired) electrons. The fraction of sp³-hybridized carbons (Fsp3) is 0.579. The molecule has 1 aromatic heterocycles. The zero-order chi connectivity index (χ0) is 19.6. The van der Waals surface area contributed by atoms with Crippen LogP contribution in [0.1, 0.15) is 38.2 Å². The Morgan fingerprint density at radius 1 is 1.41 bits per heavy atom. The Balaban J connectivity index is 1.67. The average molecular weight is 431 g/mol. The molecule has 0 bridgehead atoms. The number of aliphatic hydroxyl groups excluding tert-OH is 1. The molecule has 150 valence electrons. The second-order valence-corrected chi connectivity index (χ2v) is 10.7. The largest absolute Gasteiger partial charge is 0.390 e. The number of fused-ring (bicyclic) bond motifs is 1. The third kappa shape index (κ3) is 4.83. The van der Waals surface area contributed by atoms with Crippen molar-refractivity contribution in [2.75, 3.05) is 19.6 Å². The molecule has 1 aromatic carbocycles. The first-order chi connectivity index (χ1) is 12.8. The van der Waals surface area contributed by atoms with Crippen LogP contribution in [0.4, 0.5) is 0 Å². The number of thiophene rings is 1.